The van der Waals surface area contributed by atoms with Gasteiger partial charge in [-0.05, 0) is 30.3 Å². The van der Waals surface area contributed by atoms with Crippen LogP contribution in [0.2, 0.25) is 0 Å². The van der Waals surface area contributed by atoms with Crippen LogP contribution < -0.4 is 10.9 Å². The molecule has 4 rings (SSSR count). The quantitative estimate of drug-likeness (QED) is 0.633. The molecule has 7 heteroatoms. The molecule has 0 spiro atoms. The Kier molecular flexibility index (Phi) is 7.00. The number of aromatic nitrogens is 1. The van der Waals surface area contributed by atoms with E-state index in [4.69, 9.17) is 0 Å². The second-order valence-electron chi connectivity index (χ2n) is 8.30. The first-order chi connectivity index (χ1) is 16.0. The van der Waals surface area contributed by atoms with E-state index in [0.29, 0.717) is 19.6 Å². The molecule has 1 saturated heterocycles. The lowest BCUT2D eigenvalue weighted by Crippen LogP contribution is -2.50. The summed E-state index contributed by atoms with van der Waals surface area (Å²) in [6.07, 6.45) is 1.54. The van der Waals surface area contributed by atoms with Crippen molar-refractivity contribution >= 4 is 11.8 Å². The van der Waals surface area contributed by atoms with Crippen LogP contribution in [0.3, 0.4) is 0 Å². The largest absolute Gasteiger partial charge is 0.350 e. The van der Waals surface area contributed by atoms with E-state index in [-0.39, 0.29) is 30.0 Å². The minimum absolute atomic E-state index is 0.0823. The first-order valence-corrected chi connectivity index (χ1v) is 11.1. The van der Waals surface area contributed by atoms with Gasteiger partial charge in [0.25, 0.3) is 11.5 Å². The van der Waals surface area contributed by atoms with Crippen molar-refractivity contribution in [3.63, 3.8) is 0 Å². The Hall–Kier alpha value is -3.71. The number of benzene rings is 2. The number of pyridine rings is 1. The van der Waals surface area contributed by atoms with Gasteiger partial charge in [0.2, 0.25) is 5.91 Å². The van der Waals surface area contributed by atoms with Crippen LogP contribution >= 0.6 is 0 Å². The maximum Gasteiger partial charge on any atom is 0.263 e. The number of hydrogen-bond donors (Lipinski definition) is 1. The Balaban J connectivity index is 1.50. The Labute approximate surface area is 193 Å². The number of carbonyl (C=O) groups is 2. The summed E-state index contributed by atoms with van der Waals surface area (Å²) in [7, 11) is 2.03. The van der Waals surface area contributed by atoms with Gasteiger partial charge in [-0.25, -0.2) is 0 Å². The van der Waals surface area contributed by atoms with E-state index in [2.05, 4.69) is 10.2 Å². The Morgan fingerprint density at radius 1 is 0.939 bits per heavy atom. The van der Waals surface area contributed by atoms with Crippen molar-refractivity contribution in [3.8, 4) is 0 Å². The molecule has 1 aliphatic rings. The lowest BCUT2D eigenvalue weighted by Gasteiger charge is -2.40. The number of nitrogens with zero attached hydrogens (tertiary/aromatic N) is 3. The van der Waals surface area contributed by atoms with Crippen molar-refractivity contribution < 1.29 is 9.59 Å². The summed E-state index contributed by atoms with van der Waals surface area (Å²) in [6.45, 7) is 2.20. The molecular formula is C26H28N4O3. The molecular weight excluding hydrogens is 416 g/mol. The summed E-state index contributed by atoms with van der Waals surface area (Å²) in [6, 6.07) is 22.5. The van der Waals surface area contributed by atoms with Crippen molar-refractivity contribution in [1.82, 2.24) is 19.7 Å². The van der Waals surface area contributed by atoms with Crippen LogP contribution in [-0.2, 0) is 17.9 Å². The minimum Gasteiger partial charge on any atom is -0.350 e. The molecule has 33 heavy (non-hydrogen) atoms. The molecule has 0 saturated carbocycles. The number of nitrogens with one attached hydrogen (secondary N) is 1. The van der Waals surface area contributed by atoms with Crippen LogP contribution in [0, 0.1) is 0 Å². The second-order valence-corrected chi connectivity index (χ2v) is 8.30. The zero-order valence-electron chi connectivity index (χ0n) is 18.7. The molecule has 2 aromatic carbocycles. The van der Waals surface area contributed by atoms with E-state index in [1.54, 1.807) is 23.2 Å². The zero-order valence-corrected chi connectivity index (χ0v) is 18.7. The topological polar surface area (TPSA) is 74.7 Å². The third kappa shape index (κ3) is 5.38. The van der Waals surface area contributed by atoms with Crippen LogP contribution in [-0.4, -0.2) is 52.9 Å². The first kappa shape index (κ1) is 22.5. The van der Waals surface area contributed by atoms with Gasteiger partial charge in [-0.3, -0.25) is 14.4 Å². The van der Waals surface area contributed by atoms with E-state index < -0.39 is 5.56 Å². The maximum atomic E-state index is 13.5. The zero-order chi connectivity index (χ0) is 23.2. The SMILES string of the molecule is CN1CCN(C(=O)c2cccn(CC(=O)NCc3ccccc3)c2=O)C(c2ccccc2)C1. The molecule has 1 aromatic heterocycles. The molecule has 1 unspecified atom stereocenters. The highest BCUT2D eigenvalue weighted by Gasteiger charge is 2.32. The van der Waals surface area contributed by atoms with Crippen LogP contribution in [0.5, 0.6) is 0 Å². The molecule has 7 nitrogen and oxygen atoms in total. The molecule has 170 valence electrons. The van der Waals surface area contributed by atoms with Gasteiger partial charge in [-0.2, -0.15) is 0 Å². The fraction of sp³-hybridized carbons (Fsp3) is 0.269. The van der Waals surface area contributed by atoms with Gasteiger partial charge < -0.3 is 19.7 Å². The summed E-state index contributed by atoms with van der Waals surface area (Å²) in [5, 5.41) is 2.82. The standard InChI is InChI=1S/C26H28N4O3/c1-28-15-16-30(23(18-28)21-11-6-3-7-12-21)26(33)22-13-8-14-29(25(22)32)19-24(31)27-17-20-9-4-2-5-10-20/h2-14,23H,15-19H2,1H3,(H,27,31). The van der Waals surface area contributed by atoms with Gasteiger partial charge in [-0.15, -0.1) is 0 Å². The van der Waals surface area contributed by atoms with E-state index in [9.17, 15) is 14.4 Å². The van der Waals surface area contributed by atoms with Gasteiger partial charge in [0.05, 0.1) is 6.04 Å². The Bertz CT molecular complexity index is 1160. The molecule has 2 amide bonds. The number of likely N-dealkylation sites (N-methyl/N-ethyl adjacent to an activating group) is 1. The minimum atomic E-state index is -0.455. The van der Waals surface area contributed by atoms with Gasteiger partial charge in [0.15, 0.2) is 0 Å². The Morgan fingerprint density at radius 3 is 2.36 bits per heavy atom. The smallest absolute Gasteiger partial charge is 0.263 e. The fourth-order valence-electron chi connectivity index (χ4n) is 4.11. The molecule has 1 N–H and O–H groups in total. The van der Waals surface area contributed by atoms with E-state index >= 15 is 0 Å². The summed E-state index contributed by atoms with van der Waals surface area (Å²) in [4.78, 5) is 42.9. The highest BCUT2D eigenvalue weighted by Crippen LogP contribution is 2.26. The van der Waals surface area contributed by atoms with Crippen molar-refractivity contribution in [3.05, 3.63) is 106 Å². The predicted octanol–water partition coefficient (Wildman–Crippen LogP) is 2.29. The maximum absolute atomic E-state index is 13.5. The van der Waals surface area contributed by atoms with Crippen LogP contribution in [0.4, 0.5) is 0 Å². The van der Waals surface area contributed by atoms with Gasteiger partial charge in [0.1, 0.15) is 12.1 Å². The van der Waals surface area contributed by atoms with Crippen LogP contribution in [0.15, 0.2) is 83.8 Å². The average molecular weight is 445 g/mol. The number of rotatable bonds is 6. The molecule has 2 heterocycles. The molecule has 1 fully saturated rings. The third-order valence-corrected chi connectivity index (χ3v) is 5.93. The van der Waals surface area contributed by atoms with E-state index in [1.807, 2.05) is 67.7 Å². The summed E-state index contributed by atoms with van der Waals surface area (Å²) in [5.41, 5.74) is 1.64. The van der Waals surface area contributed by atoms with Crippen LogP contribution in [0.25, 0.3) is 0 Å². The highest BCUT2D eigenvalue weighted by molar-refractivity contribution is 5.94. The molecule has 1 aliphatic heterocycles. The van der Waals surface area contributed by atoms with Crippen molar-refractivity contribution in [2.45, 2.75) is 19.1 Å². The van der Waals surface area contributed by atoms with Crippen molar-refractivity contribution in [1.29, 1.82) is 0 Å². The molecule has 0 radical (unpaired) electrons. The molecule has 0 aliphatic carbocycles. The summed E-state index contributed by atoms with van der Waals surface area (Å²) in [5.74, 6) is -0.590. The summed E-state index contributed by atoms with van der Waals surface area (Å²) < 4.78 is 1.29. The van der Waals surface area contributed by atoms with Crippen LogP contribution in [0.1, 0.15) is 27.5 Å². The van der Waals surface area contributed by atoms with E-state index in [1.165, 1.54) is 4.57 Å². The number of hydrogen-bond acceptors (Lipinski definition) is 4. The second kappa shape index (κ2) is 10.3. The number of amides is 2. The predicted molar refractivity (Wildman–Crippen MR) is 127 cm³/mol. The normalized spacial score (nSPS) is 16.4. The average Bonchev–Trinajstić information content (AvgIpc) is 2.85. The molecule has 3 aromatic rings. The first-order valence-electron chi connectivity index (χ1n) is 11.1. The number of piperazine rings is 1. The number of carbonyl (C=O) groups excluding carboxylic acids is 2. The third-order valence-electron chi connectivity index (χ3n) is 5.93. The van der Waals surface area contributed by atoms with Crippen molar-refractivity contribution in [2.24, 2.45) is 0 Å². The van der Waals surface area contributed by atoms with Gasteiger partial charge >= 0.3 is 0 Å². The lowest BCUT2D eigenvalue weighted by atomic mass is 10.0. The molecule has 0 bridgehead atoms. The highest BCUT2D eigenvalue weighted by atomic mass is 16.2. The van der Waals surface area contributed by atoms with E-state index in [0.717, 1.165) is 17.7 Å². The molecule has 1 atom stereocenters. The fourth-order valence-corrected chi connectivity index (χ4v) is 4.11. The van der Waals surface area contributed by atoms with Gasteiger partial charge in [0, 0.05) is 32.4 Å². The van der Waals surface area contributed by atoms with Crippen molar-refractivity contribution in [2.75, 3.05) is 26.7 Å². The summed E-state index contributed by atoms with van der Waals surface area (Å²) >= 11 is 0. The van der Waals surface area contributed by atoms with Gasteiger partial charge in [-0.1, -0.05) is 60.7 Å². The monoisotopic (exact) mass is 444 g/mol. The Morgan fingerprint density at radius 2 is 1.64 bits per heavy atom. The lowest BCUT2D eigenvalue weighted by molar-refractivity contribution is -0.121.